The number of oxazole rings is 1. The maximum Gasteiger partial charge on any atom is 0.226 e. The molecule has 0 atom stereocenters. The van der Waals surface area contributed by atoms with E-state index in [2.05, 4.69) is 10.1 Å². The predicted octanol–water partition coefficient (Wildman–Crippen LogP) is 3.18. The summed E-state index contributed by atoms with van der Waals surface area (Å²) < 4.78 is 30.3. The topological polar surface area (TPSA) is 95.4 Å². The molecule has 0 aliphatic heterocycles. The number of nitrogens with zero attached hydrogens (tertiary/aromatic N) is 1. The molecule has 2 N–H and O–H groups in total. The van der Waals surface area contributed by atoms with Crippen molar-refractivity contribution in [3.63, 3.8) is 0 Å². The lowest BCUT2D eigenvalue weighted by molar-refractivity contribution is 0.320. The Kier molecular flexibility index (Phi) is 6.94. The fourth-order valence-electron chi connectivity index (χ4n) is 2.15. The second-order valence-corrected chi connectivity index (χ2v) is 7.29. The minimum Gasteiger partial charge on any atom is -0.493 e. The van der Waals surface area contributed by atoms with E-state index in [1.54, 1.807) is 0 Å². The quantitative estimate of drug-likeness (QED) is 0.740. The van der Waals surface area contributed by atoms with Gasteiger partial charge in [0, 0.05) is 12.0 Å². The van der Waals surface area contributed by atoms with Crippen LogP contribution in [0.2, 0.25) is 0 Å². The Morgan fingerprint density at radius 1 is 1.04 bits per heavy atom. The lowest BCUT2D eigenvalue weighted by Gasteiger charge is -2.04. The first-order valence-corrected chi connectivity index (χ1v) is 9.96. The Hall–Kier alpha value is -2.64. The highest BCUT2D eigenvalue weighted by Crippen LogP contribution is 2.21. The number of hydrogen-bond acceptors (Lipinski definition) is 5. The van der Waals surface area contributed by atoms with Crippen LogP contribution in [0.1, 0.15) is 11.5 Å². The zero-order valence-electron chi connectivity index (χ0n) is 14.8. The Morgan fingerprint density at radius 2 is 1.58 bits per heavy atom. The Labute approximate surface area is 153 Å². The zero-order chi connectivity index (χ0) is 19.0. The van der Waals surface area contributed by atoms with Crippen molar-refractivity contribution >= 4 is 10.0 Å². The molecular formula is C19H22N2O4S. The van der Waals surface area contributed by atoms with Crippen molar-refractivity contribution in [1.29, 1.82) is 0 Å². The number of ether oxygens (including phenoxy) is 1. The average molecular weight is 374 g/mol. The molecule has 3 rings (SSSR count). The number of nitrogens with two attached hydrogens (primary N) is 1. The van der Waals surface area contributed by atoms with Crippen LogP contribution in [0.4, 0.5) is 0 Å². The minimum atomic E-state index is -3.17. The number of rotatable bonds is 5. The highest BCUT2D eigenvalue weighted by molar-refractivity contribution is 7.88. The van der Waals surface area contributed by atoms with Gasteiger partial charge in [-0.15, -0.1) is 0 Å². The van der Waals surface area contributed by atoms with Crippen LogP contribution in [0, 0.1) is 6.92 Å². The molecule has 0 saturated carbocycles. The van der Waals surface area contributed by atoms with E-state index in [4.69, 9.17) is 9.15 Å². The molecule has 7 heteroatoms. The third kappa shape index (κ3) is 7.08. The van der Waals surface area contributed by atoms with Crippen LogP contribution in [0.3, 0.4) is 0 Å². The van der Waals surface area contributed by atoms with E-state index in [1.807, 2.05) is 67.6 Å². The van der Waals surface area contributed by atoms with Crippen molar-refractivity contribution in [2.45, 2.75) is 13.3 Å². The van der Waals surface area contributed by atoms with Crippen molar-refractivity contribution < 1.29 is 17.6 Å². The lowest BCUT2D eigenvalue weighted by Crippen LogP contribution is -2.07. The number of sulfonamides is 1. The molecule has 0 spiro atoms. The Bertz CT molecular complexity index is 899. The van der Waals surface area contributed by atoms with E-state index < -0.39 is 10.0 Å². The lowest BCUT2D eigenvalue weighted by atomic mass is 10.2. The molecule has 0 radical (unpaired) electrons. The van der Waals surface area contributed by atoms with E-state index in [9.17, 15) is 8.42 Å². The van der Waals surface area contributed by atoms with E-state index in [0.717, 1.165) is 35.4 Å². The van der Waals surface area contributed by atoms with Gasteiger partial charge < -0.3 is 9.15 Å². The number of aromatic nitrogens is 1. The maximum absolute atomic E-state index is 9.41. The zero-order valence-corrected chi connectivity index (χ0v) is 15.6. The van der Waals surface area contributed by atoms with Crippen molar-refractivity contribution in [3.8, 4) is 17.2 Å². The fraction of sp³-hybridized carbons (Fsp3) is 0.211. The third-order valence-corrected chi connectivity index (χ3v) is 3.26. The molecule has 0 bridgehead atoms. The van der Waals surface area contributed by atoms with Gasteiger partial charge in [0.05, 0.1) is 18.6 Å². The van der Waals surface area contributed by atoms with Crippen molar-refractivity contribution in [2.75, 3.05) is 12.9 Å². The van der Waals surface area contributed by atoms with E-state index in [0.29, 0.717) is 12.5 Å². The maximum atomic E-state index is 9.41. The summed E-state index contributed by atoms with van der Waals surface area (Å²) in [4.78, 5) is 4.56. The molecule has 138 valence electrons. The first-order chi connectivity index (χ1) is 12.3. The predicted molar refractivity (Wildman–Crippen MR) is 101 cm³/mol. The summed E-state index contributed by atoms with van der Waals surface area (Å²) >= 11 is 0. The number of hydrogen-bond donors (Lipinski definition) is 1. The van der Waals surface area contributed by atoms with Crippen LogP contribution in [0.15, 0.2) is 65.1 Å². The van der Waals surface area contributed by atoms with Gasteiger partial charge >= 0.3 is 0 Å². The highest BCUT2D eigenvalue weighted by Gasteiger charge is 2.11. The number of para-hydroxylation sites is 1. The van der Waals surface area contributed by atoms with E-state index >= 15 is 0 Å². The van der Waals surface area contributed by atoms with Crippen molar-refractivity contribution in [3.05, 3.63) is 72.1 Å². The summed E-state index contributed by atoms with van der Waals surface area (Å²) in [6.07, 6.45) is 1.67. The van der Waals surface area contributed by atoms with Crippen molar-refractivity contribution in [2.24, 2.45) is 5.14 Å². The van der Waals surface area contributed by atoms with Gasteiger partial charge in [-0.05, 0) is 31.2 Å². The van der Waals surface area contributed by atoms with Crippen LogP contribution in [-0.4, -0.2) is 26.3 Å². The van der Waals surface area contributed by atoms with Crippen LogP contribution >= 0.6 is 0 Å². The van der Waals surface area contributed by atoms with Crippen LogP contribution in [-0.2, 0) is 16.4 Å². The third-order valence-electron chi connectivity index (χ3n) is 3.26. The number of aryl methyl sites for hydroxylation is 1. The summed E-state index contributed by atoms with van der Waals surface area (Å²) in [5.74, 6) is 2.40. The summed E-state index contributed by atoms with van der Waals surface area (Å²) in [6.45, 7) is 2.53. The first kappa shape index (κ1) is 19.7. The van der Waals surface area contributed by atoms with E-state index in [-0.39, 0.29) is 0 Å². The summed E-state index contributed by atoms with van der Waals surface area (Å²) in [7, 11) is -3.17. The van der Waals surface area contributed by atoms with Gasteiger partial charge in [0.1, 0.15) is 11.5 Å². The van der Waals surface area contributed by atoms with Gasteiger partial charge in [-0.2, -0.15) is 0 Å². The van der Waals surface area contributed by atoms with Crippen LogP contribution in [0.5, 0.6) is 5.75 Å². The fourth-order valence-corrected chi connectivity index (χ4v) is 2.15. The molecule has 3 aromatic rings. The molecule has 2 aromatic carbocycles. The van der Waals surface area contributed by atoms with Crippen LogP contribution in [0.25, 0.3) is 11.5 Å². The minimum absolute atomic E-state index is 0.589. The normalized spacial score (nSPS) is 10.7. The van der Waals surface area contributed by atoms with Gasteiger partial charge in [-0.1, -0.05) is 36.4 Å². The number of benzene rings is 2. The molecule has 0 aliphatic carbocycles. The molecule has 26 heavy (non-hydrogen) atoms. The summed E-state index contributed by atoms with van der Waals surface area (Å²) in [5.41, 5.74) is 1.95. The smallest absolute Gasteiger partial charge is 0.226 e. The summed E-state index contributed by atoms with van der Waals surface area (Å²) in [5, 5.41) is 4.33. The molecular weight excluding hydrogens is 352 g/mol. The largest absolute Gasteiger partial charge is 0.493 e. The van der Waals surface area contributed by atoms with Gasteiger partial charge in [-0.25, -0.2) is 18.5 Å². The average Bonchev–Trinajstić information content (AvgIpc) is 2.96. The molecule has 0 saturated heterocycles. The van der Waals surface area contributed by atoms with Gasteiger partial charge in [0.2, 0.25) is 15.9 Å². The number of primary sulfonamides is 1. The second kappa shape index (κ2) is 9.17. The summed E-state index contributed by atoms with van der Waals surface area (Å²) in [6, 6.07) is 19.7. The molecule has 1 heterocycles. The molecule has 0 fully saturated rings. The Morgan fingerprint density at radius 3 is 2.15 bits per heavy atom. The molecule has 0 aliphatic rings. The highest BCUT2D eigenvalue weighted by atomic mass is 32.2. The molecule has 1 aromatic heterocycles. The van der Waals surface area contributed by atoms with Gasteiger partial charge in [-0.3, -0.25) is 0 Å². The monoisotopic (exact) mass is 374 g/mol. The molecule has 6 nitrogen and oxygen atoms in total. The second-order valence-electron chi connectivity index (χ2n) is 5.63. The molecule has 0 amide bonds. The standard InChI is InChI=1S/C18H17NO2.CH5NO2S/c1-14-17(12-13-20-16-10-6-3-7-11-16)19-18(21-14)15-8-4-2-5-9-15;1-5(2,3)4/h2-11H,12-13H2,1H3;1H3,(H2,2,3,4). The van der Waals surface area contributed by atoms with Crippen molar-refractivity contribution in [1.82, 2.24) is 4.98 Å². The molecule has 0 unspecified atom stereocenters. The van der Waals surface area contributed by atoms with Gasteiger partial charge in [0.15, 0.2) is 0 Å². The first-order valence-electron chi connectivity index (χ1n) is 8.00. The van der Waals surface area contributed by atoms with Gasteiger partial charge in [0.25, 0.3) is 0 Å². The Balaban J connectivity index is 0.000000431. The van der Waals surface area contributed by atoms with Crippen LogP contribution < -0.4 is 9.88 Å². The van der Waals surface area contributed by atoms with E-state index in [1.165, 1.54) is 0 Å². The SMILES string of the molecule is CS(N)(=O)=O.Cc1oc(-c2ccccc2)nc1CCOc1ccccc1.